The molecule has 0 spiro atoms. The van der Waals surface area contributed by atoms with Crippen LogP contribution in [0.1, 0.15) is 57.7 Å². The molecule has 1 aromatic carbocycles. The summed E-state index contributed by atoms with van der Waals surface area (Å²) in [6, 6.07) is 9.65. The van der Waals surface area contributed by atoms with Crippen molar-refractivity contribution in [2.45, 2.75) is 65.1 Å². The number of nitrogens with zero attached hydrogens (tertiary/aromatic N) is 1. The molecule has 206 valence electrons. The second kappa shape index (κ2) is 13.2. The van der Waals surface area contributed by atoms with E-state index in [-0.39, 0.29) is 11.8 Å². The van der Waals surface area contributed by atoms with E-state index in [9.17, 15) is 18.0 Å². The first-order chi connectivity index (χ1) is 17.9. The Kier molecular flexibility index (Phi) is 10.3. The average Bonchev–Trinajstić information content (AvgIpc) is 3.49. The molecule has 3 N–H and O–H groups in total. The Morgan fingerprint density at radius 1 is 1.05 bits per heavy atom. The van der Waals surface area contributed by atoms with Crippen molar-refractivity contribution in [3.05, 3.63) is 57.7 Å². The highest BCUT2D eigenvalue weighted by molar-refractivity contribution is 7.73. The Labute approximate surface area is 233 Å². The van der Waals surface area contributed by atoms with Gasteiger partial charge in [-0.25, -0.2) is 18.2 Å². The third kappa shape index (κ3) is 9.41. The van der Waals surface area contributed by atoms with E-state index in [2.05, 4.69) is 15.4 Å². The van der Waals surface area contributed by atoms with Crippen molar-refractivity contribution < 1.29 is 22.7 Å². The van der Waals surface area contributed by atoms with Gasteiger partial charge in [0.15, 0.2) is 0 Å². The number of carbonyl (C=O) groups is 2. The van der Waals surface area contributed by atoms with Gasteiger partial charge in [-0.15, -0.1) is 22.7 Å². The van der Waals surface area contributed by atoms with Gasteiger partial charge in [0, 0.05) is 11.1 Å². The SMILES string of the molecule is CC(C)C[C@H](NC(=O)OC(C)(C)C)C(=O)N[C@@H](Cc1ccc(N[SH](=O)=O)cc1)c1nc(-c2cccs2)cs1. The number of alkyl carbamates (subject to hydrolysis) is 1. The van der Waals surface area contributed by atoms with Crippen molar-refractivity contribution in [2.24, 2.45) is 5.92 Å². The minimum Gasteiger partial charge on any atom is -0.444 e. The largest absolute Gasteiger partial charge is 0.444 e. The molecule has 12 heteroatoms. The number of rotatable bonds is 11. The Hall–Kier alpha value is -2.96. The summed E-state index contributed by atoms with van der Waals surface area (Å²) in [5, 5.41) is 10.5. The molecule has 3 rings (SSSR count). The van der Waals surface area contributed by atoms with Gasteiger partial charge in [-0.3, -0.25) is 9.52 Å². The first-order valence-corrected chi connectivity index (χ1v) is 15.1. The Balaban J connectivity index is 1.84. The predicted octanol–water partition coefficient (Wildman–Crippen LogP) is 5.15. The number of benzene rings is 1. The second-order valence-electron chi connectivity index (χ2n) is 10.2. The first kappa shape index (κ1) is 29.6. The third-order valence-electron chi connectivity index (χ3n) is 5.24. The van der Waals surface area contributed by atoms with Gasteiger partial charge in [0.05, 0.1) is 16.6 Å². The van der Waals surface area contributed by atoms with Crippen LogP contribution >= 0.6 is 22.7 Å². The molecule has 9 nitrogen and oxygen atoms in total. The molecule has 0 aliphatic rings. The number of hydrogen-bond acceptors (Lipinski definition) is 8. The molecule has 0 bridgehead atoms. The van der Waals surface area contributed by atoms with Crippen LogP contribution in [-0.2, 0) is 26.8 Å². The molecule has 0 radical (unpaired) electrons. The number of nitrogens with one attached hydrogen (secondary N) is 3. The number of thiol groups is 1. The van der Waals surface area contributed by atoms with Crippen molar-refractivity contribution in [3.8, 4) is 10.6 Å². The molecule has 2 heterocycles. The molecule has 0 saturated heterocycles. The highest BCUT2D eigenvalue weighted by Crippen LogP contribution is 2.30. The molecular weight excluding hydrogens is 545 g/mol. The lowest BCUT2D eigenvalue weighted by Gasteiger charge is -2.26. The fourth-order valence-corrected chi connectivity index (χ4v) is 5.66. The van der Waals surface area contributed by atoms with Crippen molar-refractivity contribution in [1.82, 2.24) is 15.6 Å². The van der Waals surface area contributed by atoms with E-state index in [4.69, 9.17) is 9.72 Å². The quantitative estimate of drug-likeness (QED) is 0.233. The predicted molar refractivity (Wildman–Crippen MR) is 153 cm³/mol. The molecule has 38 heavy (non-hydrogen) atoms. The van der Waals surface area contributed by atoms with Crippen LogP contribution in [0.5, 0.6) is 0 Å². The Morgan fingerprint density at radius 2 is 1.76 bits per heavy atom. The number of carbonyl (C=O) groups excluding carboxylic acids is 2. The van der Waals surface area contributed by atoms with Crippen LogP contribution in [0.15, 0.2) is 47.2 Å². The van der Waals surface area contributed by atoms with Gasteiger partial charge in [0.2, 0.25) is 16.8 Å². The van der Waals surface area contributed by atoms with E-state index in [0.29, 0.717) is 18.5 Å². The highest BCUT2D eigenvalue weighted by atomic mass is 32.2. The van der Waals surface area contributed by atoms with Crippen molar-refractivity contribution in [3.63, 3.8) is 0 Å². The van der Waals surface area contributed by atoms with Crippen LogP contribution in [0.2, 0.25) is 0 Å². The smallest absolute Gasteiger partial charge is 0.408 e. The lowest BCUT2D eigenvalue weighted by Crippen LogP contribution is -2.49. The number of ether oxygens (including phenoxy) is 1. The third-order valence-corrected chi connectivity index (χ3v) is 7.53. The summed E-state index contributed by atoms with van der Waals surface area (Å²) in [7, 11) is -2.76. The number of thiophene rings is 1. The molecule has 0 aliphatic heterocycles. The van der Waals surface area contributed by atoms with Crippen molar-refractivity contribution >= 4 is 51.3 Å². The molecule has 3 aromatic rings. The van der Waals surface area contributed by atoms with Crippen LogP contribution in [-0.4, -0.2) is 37.0 Å². The molecule has 0 fully saturated rings. The monoisotopic (exact) mass is 578 g/mol. The fraction of sp³-hybridized carbons (Fsp3) is 0.423. The van der Waals surface area contributed by atoms with Crippen LogP contribution in [0.25, 0.3) is 10.6 Å². The zero-order valence-corrected chi connectivity index (χ0v) is 24.5. The normalized spacial score (nSPS) is 13.2. The molecule has 2 amide bonds. The van der Waals surface area contributed by atoms with Crippen LogP contribution in [0.4, 0.5) is 10.5 Å². The van der Waals surface area contributed by atoms with Gasteiger partial charge in [-0.05, 0) is 68.7 Å². The maximum absolute atomic E-state index is 13.5. The fourth-order valence-electron chi connectivity index (χ4n) is 3.67. The maximum Gasteiger partial charge on any atom is 0.408 e. The summed E-state index contributed by atoms with van der Waals surface area (Å²) in [5.41, 5.74) is 1.49. The van der Waals surface area contributed by atoms with Gasteiger partial charge < -0.3 is 15.4 Å². The number of thiazole rings is 1. The summed E-state index contributed by atoms with van der Waals surface area (Å²) >= 11 is 3.04. The van der Waals surface area contributed by atoms with Gasteiger partial charge in [0.1, 0.15) is 16.7 Å². The average molecular weight is 579 g/mol. The molecule has 2 aromatic heterocycles. The van der Waals surface area contributed by atoms with E-state index in [0.717, 1.165) is 21.1 Å². The summed E-state index contributed by atoms with van der Waals surface area (Å²) in [4.78, 5) is 31.8. The molecule has 0 unspecified atom stereocenters. The van der Waals surface area contributed by atoms with Gasteiger partial charge in [0.25, 0.3) is 0 Å². The van der Waals surface area contributed by atoms with Gasteiger partial charge in [-0.2, -0.15) is 0 Å². The summed E-state index contributed by atoms with van der Waals surface area (Å²) in [5.74, 6) is -0.180. The lowest BCUT2D eigenvalue weighted by atomic mass is 10.0. The van der Waals surface area contributed by atoms with Crippen LogP contribution in [0, 0.1) is 5.92 Å². The molecule has 2 atom stereocenters. The summed E-state index contributed by atoms with van der Waals surface area (Å²) in [6.45, 7) is 9.26. The number of anilines is 1. The van der Waals surface area contributed by atoms with E-state index < -0.39 is 34.7 Å². The molecular formula is C26H34N4O5S3. The summed E-state index contributed by atoms with van der Waals surface area (Å²) < 4.78 is 29.7. The Bertz CT molecular complexity index is 1270. The van der Waals surface area contributed by atoms with Crippen LogP contribution in [0.3, 0.4) is 0 Å². The van der Waals surface area contributed by atoms with Gasteiger partial charge in [-0.1, -0.05) is 32.0 Å². The van der Waals surface area contributed by atoms with Crippen molar-refractivity contribution in [2.75, 3.05) is 4.72 Å². The standard InChI is InChI=1S/C26H34N4O5S3/c1-16(2)13-19(29-25(32)35-26(3,4)5)23(31)27-20(14-17-8-10-18(11-9-17)30-38(33)34)24-28-21(15-37-24)22-7-6-12-36-22/h6-12,15-16,19-20,38H,13-14H2,1-5H3,(H,27,31)(H,29,32)(H,30,33,34)/t19-,20-/m0/s1. The second-order valence-corrected chi connectivity index (χ2v) is 12.8. The van der Waals surface area contributed by atoms with Gasteiger partial charge >= 0.3 is 6.09 Å². The Morgan fingerprint density at radius 3 is 2.34 bits per heavy atom. The number of hydrogen-bond donors (Lipinski definition) is 4. The van der Waals surface area contributed by atoms with Crippen LogP contribution < -0.4 is 15.4 Å². The zero-order valence-electron chi connectivity index (χ0n) is 22.0. The minimum atomic E-state index is -2.76. The molecule has 0 aliphatic carbocycles. The van der Waals surface area contributed by atoms with E-state index in [1.165, 1.54) is 11.3 Å². The molecule has 0 saturated carbocycles. The zero-order chi connectivity index (χ0) is 27.9. The van der Waals surface area contributed by atoms with E-state index >= 15 is 0 Å². The topological polar surface area (TPSA) is 126 Å². The highest BCUT2D eigenvalue weighted by Gasteiger charge is 2.28. The summed E-state index contributed by atoms with van der Waals surface area (Å²) in [6.07, 6.45) is 0.210. The number of amides is 2. The van der Waals surface area contributed by atoms with E-state index in [1.807, 2.05) is 36.7 Å². The minimum absolute atomic E-state index is 0.150. The van der Waals surface area contributed by atoms with E-state index in [1.54, 1.807) is 56.4 Å². The van der Waals surface area contributed by atoms with Crippen molar-refractivity contribution in [1.29, 1.82) is 0 Å². The maximum atomic E-state index is 13.5. The first-order valence-electron chi connectivity index (χ1n) is 12.2. The number of aromatic nitrogens is 1. The lowest BCUT2D eigenvalue weighted by molar-refractivity contribution is -0.124.